The number of rotatable bonds is 4. The fraction of sp³-hybridized carbons (Fsp3) is 0.0769. The number of pyridine rings is 1. The largest absolute Gasteiger partial charge is 0.478 e. The van der Waals surface area contributed by atoms with Crippen LogP contribution in [0.2, 0.25) is 5.02 Å². The number of nitrogens with zero attached hydrogens (tertiary/aromatic N) is 2. The molecule has 0 radical (unpaired) electrons. The molecule has 1 heterocycles. The number of aromatic carboxylic acids is 1. The van der Waals surface area contributed by atoms with Gasteiger partial charge in [-0.15, -0.1) is 0 Å². The predicted octanol–water partition coefficient (Wildman–Crippen LogP) is 2.26. The third-order valence-corrected chi connectivity index (χ3v) is 5.09. The Labute approximate surface area is 126 Å². The zero-order chi connectivity index (χ0) is 15.6. The molecule has 0 aliphatic heterocycles. The summed E-state index contributed by atoms with van der Waals surface area (Å²) in [4.78, 5) is 14.5. The molecule has 21 heavy (non-hydrogen) atoms. The van der Waals surface area contributed by atoms with E-state index >= 15 is 0 Å². The molecule has 0 spiro atoms. The number of aromatic nitrogens is 1. The summed E-state index contributed by atoms with van der Waals surface area (Å²) >= 11 is 5.90. The Bertz CT molecular complexity index is 778. The van der Waals surface area contributed by atoms with Crippen molar-refractivity contribution in [3.63, 3.8) is 0 Å². The van der Waals surface area contributed by atoms with Crippen LogP contribution in [-0.4, -0.2) is 31.5 Å². The third kappa shape index (κ3) is 2.98. The third-order valence-electron chi connectivity index (χ3n) is 2.83. The second kappa shape index (κ2) is 5.71. The van der Waals surface area contributed by atoms with Gasteiger partial charge >= 0.3 is 5.97 Å². The van der Waals surface area contributed by atoms with Gasteiger partial charge in [-0.2, -0.15) is 0 Å². The van der Waals surface area contributed by atoms with E-state index in [4.69, 9.17) is 16.7 Å². The normalized spacial score (nSPS) is 11.1. The van der Waals surface area contributed by atoms with Crippen LogP contribution < -0.4 is 4.31 Å². The van der Waals surface area contributed by atoms with Gasteiger partial charge in [0, 0.05) is 13.2 Å². The molecule has 0 fully saturated rings. The van der Waals surface area contributed by atoms with Gasteiger partial charge in [0.2, 0.25) is 0 Å². The first-order chi connectivity index (χ1) is 9.84. The zero-order valence-corrected chi connectivity index (χ0v) is 12.5. The van der Waals surface area contributed by atoms with Gasteiger partial charge in [0.25, 0.3) is 10.0 Å². The monoisotopic (exact) mass is 326 g/mol. The minimum atomic E-state index is -3.98. The molecule has 1 N–H and O–H groups in total. The van der Waals surface area contributed by atoms with Crippen molar-refractivity contribution < 1.29 is 18.3 Å². The SMILES string of the molecule is CN(c1cccnc1)S(=O)(=O)c1cc(C(=O)O)ccc1Cl. The van der Waals surface area contributed by atoms with Crippen LogP contribution in [0.4, 0.5) is 5.69 Å². The van der Waals surface area contributed by atoms with Crippen molar-refractivity contribution in [1.29, 1.82) is 0 Å². The molecule has 8 heteroatoms. The lowest BCUT2D eigenvalue weighted by Crippen LogP contribution is -2.27. The summed E-state index contributed by atoms with van der Waals surface area (Å²) in [7, 11) is -2.64. The fourth-order valence-electron chi connectivity index (χ4n) is 1.66. The van der Waals surface area contributed by atoms with E-state index in [9.17, 15) is 13.2 Å². The maximum atomic E-state index is 12.5. The van der Waals surface area contributed by atoms with Crippen molar-refractivity contribution in [2.75, 3.05) is 11.4 Å². The molecule has 6 nitrogen and oxygen atoms in total. The summed E-state index contributed by atoms with van der Waals surface area (Å²) < 4.78 is 26.1. The summed E-state index contributed by atoms with van der Waals surface area (Å²) in [5, 5.41) is 8.91. The van der Waals surface area contributed by atoms with Gasteiger partial charge in [-0.1, -0.05) is 11.6 Å². The molecule has 1 aromatic heterocycles. The Balaban J connectivity index is 2.54. The smallest absolute Gasteiger partial charge is 0.335 e. The number of hydrogen-bond acceptors (Lipinski definition) is 4. The number of carboxylic acids is 1. The highest BCUT2D eigenvalue weighted by Gasteiger charge is 2.25. The first-order valence-corrected chi connectivity index (χ1v) is 7.57. The molecule has 0 unspecified atom stereocenters. The summed E-state index contributed by atoms with van der Waals surface area (Å²) in [6, 6.07) is 6.69. The summed E-state index contributed by atoms with van der Waals surface area (Å²) in [6.45, 7) is 0. The highest BCUT2D eigenvalue weighted by atomic mass is 35.5. The van der Waals surface area contributed by atoms with E-state index < -0.39 is 16.0 Å². The molecule has 0 saturated carbocycles. The van der Waals surface area contributed by atoms with Gasteiger partial charge < -0.3 is 5.11 Å². The van der Waals surface area contributed by atoms with Gasteiger partial charge in [0.05, 0.1) is 22.5 Å². The van der Waals surface area contributed by atoms with E-state index in [-0.39, 0.29) is 15.5 Å². The molecule has 0 bridgehead atoms. The molecule has 0 saturated heterocycles. The van der Waals surface area contributed by atoms with E-state index in [1.54, 1.807) is 12.1 Å². The Kier molecular flexibility index (Phi) is 4.15. The first kappa shape index (κ1) is 15.3. The van der Waals surface area contributed by atoms with Crippen LogP contribution in [0.1, 0.15) is 10.4 Å². The van der Waals surface area contributed by atoms with Crippen molar-refractivity contribution in [3.8, 4) is 0 Å². The number of benzene rings is 1. The topological polar surface area (TPSA) is 87.6 Å². The second-order valence-electron chi connectivity index (χ2n) is 4.13. The number of carboxylic acid groups (broad SMARTS) is 1. The number of sulfonamides is 1. The zero-order valence-electron chi connectivity index (χ0n) is 10.9. The van der Waals surface area contributed by atoms with E-state index in [0.29, 0.717) is 5.69 Å². The highest BCUT2D eigenvalue weighted by Crippen LogP contribution is 2.28. The minimum Gasteiger partial charge on any atom is -0.478 e. The van der Waals surface area contributed by atoms with Crippen LogP contribution >= 0.6 is 11.6 Å². The van der Waals surface area contributed by atoms with Crippen molar-refractivity contribution in [2.45, 2.75) is 4.90 Å². The summed E-state index contributed by atoms with van der Waals surface area (Å²) in [6.07, 6.45) is 2.90. The lowest BCUT2D eigenvalue weighted by atomic mass is 10.2. The number of carbonyl (C=O) groups is 1. The predicted molar refractivity (Wildman–Crippen MR) is 78.2 cm³/mol. The maximum absolute atomic E-state index is 12.5. The number of anilines is 1. The van der Waals surface area contributed by atoms with Crippen molar-refractivity contribution in [1.82, 2.24) is 4.98 Å². The van der Waals surface area contributed by atoms with Gasteiger partial charge in [-0.3, -0.25) is 9.29 Å². The van der Waals surface area contributed by atoms with Crippen molar-refractivity contribution in [2.24, 2.45) is 0 Å². The molecule has 0 atom stereocenters. The quantitative estimate of drug-likeness (QED) is 0.931. The standard InChI is InChI=1S/C13H11ClN2O4S/c1-16(10-3-2-6-15-8-10)21(19,20)12-7-9(13(17)18)4-5-11(12)14/h2-8H,1H3,(H,17,18). The van der Waals surface area contributed by atoms with Crippen LogP contribution in [0.3, 0.4) is 0 Å². The highest BCUT2D eigenvalue weighted by molar-refractivity contribution is 7.93. The van der Waals surface area contributed by atoms with Crippen molar-refractivity contribution in [3.05, 3.63) is 53.3 Å². The molecule has 2 aromatic rings. The van der Waals surface area contributed by atoms with Crippen LogP contribution in [-0.2, 0) is 10.0 Å². The second-order valence-corrected chi connectivity index (χ2v) is 6.48. The molecule has 0 aliphatic rings. The lowest BCUT2D eigenvalue weighted by molar-refractivity contribution is 0.0696. The summed E-state index contributed by atoms with van der Waals surface area (Å²) in [5.41, 5.74) is 0.187. The Morgan fingerprint density at radius 3 is 2.62 bits per heavy atom. The van der Waals surface area contributed by atoms with Gasteiger partial charge in [-0.25, -0.2) is 13.2 Å². The molecular formula is C13H11ClN2O4S. The van der Waals surface area contributed by atoms with E-state index in [1.165, 1.54) is 31.6 Å². The van der Waals surface area contributed by atoms with Crippen LogP contribution in [0.5, 0.6) is 0 Å². The maximum Gasteiger partial charge on any atom is 0.335 e. The van der Waals surface area contributed by atoms with Crippen LogP contribution in [0.25, 0.3) is 0 Å². The molecule has 0 amide bonds. The van der Waals surface area contributed by atoms with E-state index in [0.717, 1.165) is 10.4 Å². The molecular weight excluding hydrogens is 316 g/mol. The van der Waals surface area contributed by atoms with Gasteiger partial charge in [-0.05, 0) is 30.3 Å². The first-order valence-electron chi connectivity index (χ1n) is 5.76. The number of hydrogen-bond donors (Lipinski definition) is 1. The number of halogens is 1. The van der Waals surface area contributed by atoms with Gasteiger partial charge in [0.1, 0.15) is 4.90 Å². The fourth-order valence-corrected chi connectivity index (χ4v) is 3.34. The Morgan fingerprint density at radius 2 is 2.05 bits per heavy atom. The van der Waals surface area contributed by atoms with Gasteiger partial charge in [0.15, 0.2) is 0 Å². The minimum absolute atomic E-state index is 0.0456. The molecule has 0 aliphatic carbocycles. The van der Waals surface area contributed by atoms with E-state index in [2.05, 4.69) is 4.98 Å². The van der Waals surface area contributed by atoms with E-state index in [1.807, 2.05) is 0 Å². The van der Waals surface area contributed by atoms with Crippen molar-refractivity contribution >= 4 is 33.3 Å². The summed E-state index contributed by atoms with van der Waals surface area (Å²) in [5.74, 6) is -1.23. The molecule has 110 valence electrons. The Hall–Kier alpha value is -2.12. The Morgan fingerprint density at radius 1 is 1.33 bits per heavy atom. The average Bonchev–Trinajstić information content (AvgIpc) is 2.47. The molecule has 2 rings (SSSR count). The average molecular weight is 327 g/mol. The lowest BCUT2D eigenvalue weighted by Gasteiger charge is -2.19. The van der Waals surface area contributed by atoms with Crippen LogP contribution in [0, 0.1) is 0 Å². The molecule has 1 aromatic carbocycles. The van der Waals surface area contributed by atoms with Crippen LogP contribution in [0.15, 0.2) is 47.6 Å².